The number of benzene rings is 2. The van der Waals surface area contributed by atoms with Gasteiger partial charge in [0.05, 0.1) is 0 Å². The van der Waals surface area contributed by atoms with Crippen LogP contribution in [-0.4, -0.2) is 0 Å². The molecule has 0 bridgehead atoms. The zero-order valence-corrected chi connectivity index (χ0v) is 26.0. The van der Waals surface area contributed by atoms with E-state index in [-0.39, 0.29) is 61.5 Å². The number of allylic oxidation sites excluding steroid dienone is 4. The molecule has 0 aromatic heterocycles. The summed E-state index contributed by atoms with van der Waals surface area (Å²) >= 11 is 0. The summed E-state index contributed by atoms with van der Waals surface area (Å²) in [5, 5.41) is 0. The molecule has 3 heteroatoms. The van der Waals surface area contributed by atoms with Crippen molar-refractivity contribution in [1.29, 1.82) is 0 Å². The van der Waals surface area contributed by atoms with Crippen molar-refractivity contribution in [3.63, 3.8) is 0 Å². The molecule has 0 amide bonds. The summed E-state index contributed by atoms with van der Waals surface area (Å²) in [5.41, 5.74) is 8.70. The van der Waals surface area contributed by atoms with Crippen LogP contribution in [0.25, 0.3) is 11.1 Å². The Labute approximate surface area is 229 Å². The Morgan fingerprint density at radius 1 is 0.844 bits per heavy atom. The van der Waals surface area contributed by atoms with Crippen molar-refractivity contribution in [2.75, 3.05) is 0 Å². The quantitative estimate of drug-likeness (QED) is 0.263. The Morgan fingerprint density at radius 3 is 1.88 bits per heavy atom. The molecule has 0 unspecified atom stereocenters. The van der Waals surface area contributed by atoms with Crippen molar-refractivity contribution in [3.05, 3.63) is 89.4 Å². The van der Waals surface area contributed by atoms with Gasteiger partial charge in [0.2, 0.25) is 0 Å². The molecular formula is C29H37Cl2Hf-5. The summed E-state index contributed by atoms with van der Waals surface area (Å²) in [4.78, 5) is 0. The fraction of sp³-hybridized carbons (Fsp3) is 0.414. The summed E-state index contributed by atoms with van der Waals surface area (Å²) < 4.78 is 0. The fourth-order valence-corrected chi connectivity index (χ4v) is 3.37. The first-order valence-corrected chi connectivity index (χ1v) is 10.7. The van der Waals surface area contributed by atoms with Crippen LogP contribution in [0.5, 0.6) is 0 Å². The van der Waals surface area contributed by atoms with Gasteiger partial charge in [-0.1, -0.05) is 65.3 Å². The van der Waals surface area contributed by atoms with E-state index in [1.165, 1.54) is 33.4 Å². The van der Waals surface area contributed by atoms with E-state index in [0.717, 1.165) is 12.8 Å². The molecule has 2 aliphatic rings. The van der Waals surface area contributed by atoms with Gasteiger partial charge in [0, 0.05) is 25.8 Å². The maximum absolute atomic E-state index is 3.67. The minimum Gasteiger partial charge on any atom is -1.00 e. The molecule has 0 spiro atoms. The van der Waals surface area contributed by atoms with Gasteiger partial charge in [-0.15, -0.1) is 17.5 Å². The van der Waals surface area contributed by atoms with Crippen molar-refractivity contribution in [3.8, 4) is 11.1 Å². The van der Waals surface area contributed by atoms with Crippen LogP contribution in [0.4, 0.5) is 0 Å². The van der Waals surface area contributed by atoms with Gasteiger partial charge in [-0.3, -0.25) is 6.08 Å². The van der Waals surface area contributed by atoms with Crippen LogP contribution in [0, 0.1) is 18.6 Å². The number of hydrogen-bond donors (Lipinski definition) is 0. The van der Waals surface area contributed by atoms with Crippen molar-refractivity contribution in [2.45, 2.75) is 79.1 Å². The van der Waals surface area contributed by atoms with Crippen LogP contribution >= 0.6 is 0 Å². The molecular weight excluding hydrogens is 598 g/mol. The molecule has 0 fully saturated rings. The van der Waals surface area contributed by atoms with E-state index < -0.39 is 0 Å². The number of fused-ring (bicyclic) bond motifs is 3. The predicted octanol–water partition coefficient (Wildman–Crippen LogP) is 2.19. The van der Waals surface area contributed by atoms with Gasteiger partial charge in [0.25, 0.3) is 0 Å². The number of hydrogen-bond acceptors (Lipinski definition) is 0. The average molecular weight is 635 g/mol. The van der Waals surface area contributed by atoms with Gasteiger partial charge in [0.15, 0.2) is 0 Å². The van der Waals surface area contributed by atoms with Gasteiger partial charge in [-0.05, 0) is 28.4 Å². The molecule has 0 radical (unpaired) electrons. The Hall–Kier alpha value is -0.630. The molecule has 0 atom stereocenters. The Balaban J connectivity index is 0. The Morgan fingerprint density at radius 2 is 1.44 bits per heavy atom. The zero-order valence-electron chi connectivity index (χ0n) is 20.9. The summed E-state index contributed by atoms with van der Waals surface area (Å²) in [5.74, 6) is 0. The normalized spacial score (nSPS) is 12.5. The minimum absolute atomic E-state index is 0. The maximum atomic E-state index is 3.67. The van der Waals surface area contributed by atoms with Crippen LogP contribution in [0.3, 0.4) is 0 Å². The van der Waals surface area contributed by atoms with Crippen LogP contribution in [-0.2, 0) is 43.1 Å². The van der Waals surface area contributed by atoms with Crippen LogP contribution in [0.15, 0.2) is 48.6 Å². The molecule has 176 valence electrons. The van der Waals surface area contributed by atoms with Crippen molar-refractivity contribution < 1.29 is 50.7 Å². The van der Waals surface area contributed by atoms with Crippen LogP contribution < -0.4 is 24.8 Å². The number of halogens is 2. The smallest absolute Gasteiger partial charge is 0 e. The molecule has 4 rings (SSSR count). The molecule has 0 saturated heterocycles. The number of rotatable bonds is 0. The molecule has 0 nitrogen and oxygen atoms in total. The largest absolute Gasteiger partial charge is 1.00 e. The molecule has 0 heterocycles. The Bertz CT molecular complexity index is 810. The third-order valence-electron chi connectivity index (χ3n) is 5.05. The first-order valence-electron chi connectivity index (χ1n) is 10.7. The van der Waals surface area contributed by atoms with Crippen LogP contribution in [0.1, 0.15) is 84.1 Å². The third kappa shape index (κ3) is 9.32. The van der Waals surface area contributed by atoms with Crippen LogP contribution in [0.2, 0.25) is 0 Å². The Kier molecular flexibility index (Phi) is 15.3. The average Bonchev–Trinajstić information content (AvgIpc) is 3.31. The monoisotopic (exact) mass is 635 g/mol. The van der Waals surface area contributed by atoms with Crippen molar-refractivity contribution in [1.82, 2.24) is 0 Å². The van der Waals surface area contributed by atoms with Gasteiger partial charge < -0.3 is 31.2 Å². The second-order valence-corrected chi connectivity index (χ2v) is 9.89. The predicted molar refractivity (Wildman–Crippen MR) is 128 cm³/mol. The fourth-order valence-electron chi connectivity index (χ4n) is 3.37. The molecule has 2 aromatic rings. The first kappa shape index (κ1) is 33.5. The van der Waals surface area contributed by atoms with Gasteiger partial charge in [-0.2, -0.15) is 43.7 Å². The van der Waals surface area contributed by atoms with Gasteiger partial charge in [-0.25, -0.2) is 12.2 Å². The molecule has 2 aromatic carbocycles. The summed E-state index contributed by atoms with van der Waals surface area (Å²) in [6, 6.07) is 15.2. The maximum Gasteiger partial charge on any atom is 0 e. The second kappa shape index (κ2) is 14.6. The van der Waals surface area contributed by atoms with Crippen molar-refractivity contribution in [2.24, 2.45) is 0 Å². The summed E-state index contributed by atoms with van der Waals surface area (Å²) in [6.45, 7) is 17.6. The minimum atomic E-state index is 0. The van der Waals surface area contributed by atoms with Crippen molar-refractivity contribution >= 4 is 0 Å². The zero-order chi connectivity index (χ0) is 21.7. The third-order valence-corrected chi connectivity index (χ3v) is 5.05. The standard InChI is InChI=1S/C21H25.C5H5.C3H7.2ClH.Hf/c1-20(2,3)16-7-9-18-14(12-16)11-15-13-17(21(4,5)6)8-10-19(15)18;1-2-4-5-3-1;1-3-2;;;/h7-10,12H,11H2,1-6H3;1-3H,4H2;3H,1-2H3;2*1H;/q3*-1;;;/p-2. The van der Waals surface area contributed by atoms with E-state index in [4.69, 9.17) is 0 Å². The summed E-state index contributed by atoms with van der Waals surface area (Å²) in [7, 11) is 0. The van der Waals surface area contributed by atoms with E-state index in [2.05, 4.69) is 90.1 Å². The molecule has 0 saturated carbocycles. The van der Waals surface area contributed by atoms with E-state index in [1.54, 1.807) is 0 Å². The molecule has 0 N–H and O–H groups in total. The second-order valence-electron chi connectivity index (χ2n) is 9.89. The molecule has 0 aliphatic heterocycles. The first-order chi connectivity index (χ1) is 13.6. The van der Waals surface area contributed by atoms with E-state index in [9.17, 15) is 0 Å². The van der Waals surface area contributed by atoms with E-state index in [0.29, 0.717) is 0 Å². The van der Waals surface area contributed by atoms with E-state index in [1.807, 2.05) is 32.4 Å². The SMILES string of the molecule is CC(C)(C)c1[c-]c2c(cc1)-c1ccc(C(C)(C)C)cc1C2.C[CH-]C.[C-]1=CC=CC1.[Cl-].[Cl-].[Hf]. The summed E-state index contributed by atoms with van der Waals surface area (Å²) in [6.07, 6.45) is 13.0. The molecule has 2 aliphatic carbocycles. The topological polar surface area (TPSA) is 0 Å². The van der Waals surface area contributed by atoms with Gasteiger partial charge >= 0.3 is 0 Å². The van der Waals surface area contributed by atoms with Gasteiger partial charge in [0.1, 0.15) is 0 Å². The molecule has 32 heavy (non-hydrogen) atoms. The van der Waals surface area contributed by atoms with E-state index >= 15 is 0 Å².